The number of nitrogens with zero attached hydrogens (tertiary/aromatic N) is 2. The van der Waals surface area contributed by atoms with Gasteiger partial charge in [0.15, 0.2) is 0 Å². The van der Waals surface area contributed by atoms with Gasteiger partial charge in [-0.15, -0.1) is 11.3 Å². The standard InChI is InChI=1S/C14H15N3S/c1-10(14-9-18-11(2)17-14)16-8-13-5-3-4-12(6-13)7-15/h3-6,9-10,16H,8H2,1-2H3. The first-order valence-electron chi connectivity index (χ1n) is 5.83. The first-order valence-corrected chi connectivity index (χ1v) is 6.71. The predicted octanol–water partition coefficient (Wildman–Crippen LogP) is 3.17. The maximum absolute atomic E-state index is 8.84. The number of thiazole rings is 1. The minimum Gasteiger partial charge on any atom is -0.305 e. The highest BCUT2D eigenvalue weighted by Crippen LogP contribution is 2.16. The minimum absolute atomic E-state index is 0.223. The van der Waals surface area contributed by atoms with E-state index in [9.17, 15) is 0 Å². The van der Waals surface area contributed by atoms with Gasteiger partial charge in [0.1, 0.15) is 0 Å². The molecule has 0 aliphatic heterocycles. The zero-order chi connectivity index (χ0) is 13.0. The summed E-state index contributed by atoms with van der Waals surface area (Å²) in [6, 6.07) is 10.0. The number of nitrogens with one attached hydrogen (secondary N) is 1. The van der Waals surface area contributed by atoms with Gasteiger partial charge in [-0.3, -0.25) is 0 Å². The molecule has 1 unspecified atom stereocenters. The normalized spacial score (nSPS) is 12.1. The minimum atomic E-state index is 0.223. The maximum atomic E-state index is 8.84. The smallest absolute Gasteiger partial charge is 0.0991 e. The van der Waals surface area contributed by atoms with Crippen LogP contribution in [0, 0.1) is 18.3 Å². The Kier molecular flexibility index (Phi) is 4.08. The SMILES string of the molecule is Cc1nc(C(C)NCc2cccc(C#N)c2)cs1. The molecule has 0 amide bonds. The van der Waals surface area contributed by atoms with Crippen molar-refractivity contribution in [3.05, 3.63) is 51.5 Å². The lowest BCUT2D eigenvalue weighted by molar-refractivity contribution is 0.563. The molecule has 0 saturated heterocycles. The molecule has 0 spiro atoms. The van der Waals surface area contributed by atoms with Gasteiger partial charge in [-0.1, -0.05) is 12.1 Å². The topological polar surface area (TPSA) is 48.7 Å². The summed E-state index contributed by atoms with van der Waals surface area (Å²) in [7, 11) is 0. The van der Waals surface area contributed by atoms with Crippen LogP contribution in [-0.4, -0.2) is 4.98 Å². The van der Waals surface area contributed by atoms with Crippen LogP contribution >= 0.6 is 11.3 Å². The maximum Gasteiger partial charge on any atom is 0.0991 e. The molecule has 0 aliphatic rings. The zero-order valence-electron chi connectivity index (χ0n) is 10.5. The Morgan fingerprint density at radius 3 is 3.00 bits per heavy atom. The molecule has 2 rings (SSSR count). The second kappa shape index (κ2) is 5.76. The molecule has 0 saturated carbocycles. The largest absolute Gasteiger partial charge is 0.305 e. The molecule has 1 heterocycles. The average molecular weight is 257 g/mol. The number of aromatic nitrogens is 1. The van der Waals surface area contributed by atoms with Crippen molar-refractivity contribution in [2.24, 2.45) is 0 Å². The van der Waals surface area contributed by atoms with Gasteiger partial charge in [0, 0.05) is 18.0 Å². The molecule has 2 aromatic rings. The van der Waals surface area contributed by atoms with E-state index in [4.69, 9.17) is 5.26 Å². The fourth-order valence-electron chi connectivity index (χ4n) is 1.71. The fourth-order valence-corrected chi connectivity index (χ4v) is 2.41. The van der Waals surface area contributed by atoms with Gasteiger partial charge in [-0.25, -0.2) is 4.98 Å². The third-order valence-electron chi connectivity index (χ3n) is 2.75. The Balaban J connectivity index is 1.97. The van der Waals surface area contributed by atoms with E-state index >= 15 is 0 Å². The lowest BCUT2D eigenvalue weighted by atomic mass is 10.1. The number of rotatable bonds is 4. The highest BCUT2D eigenvalue weighted by atomic mass is 32.1. The Morgan fingerprint density at radius 1 is 1.50 bits per heavy atom. The molecule has 0 aliphatic carbocycles. The predicted molar refractivity (Wildman–Crippen MR) is 73.3 cm³/mol. The average Bonchev–Trinajstić information content (AvgIpc) is 2.83. The fraction of sp³-hybridized carbons (Fsp3) is 0.286. The second-order valence-corrected chi connectivity index (χ2v) is 5.27. The lowest BCUT2D eigenvalue weighted by Crippen LogP contribution is -2.18. The quantitative estimate of drug-likeness (QED) is 0.915. The number of benzene rings is 1. The Bertz CT molecular complexity index is 568. The third-order valence-corrected chi connectivity index (χ3v) is 3.54. The van der Waals surface area contributed by atoms with Crippen molar-refractivity contribution < 1.29 is 0 Å². The number of hydrogen-bond acceptors (Lipinski definition) is 4. The summed E-state index contributed by atoms with van der Waals surface area (Å²) in [5.41, 5.74) is 2.90. The molecular formula is C14H15N3S. The van der Waals surface area contributed by atoms with Gasteiger partial charge in [0.2, 0.25) is 0 Å². The zero-order valence-corrected chi connectivity index (χ0v) is 11.3. The van der Waals surface area contributed by atoms with Crippen LogP contribution in [0.5, 0.6) is 0 Å². The van der Waals surface area contributed by atoms with E-state index in [1.807, 2.05) is 31.2 Å². The van der Waals surface area contributed by atoms with Gasteiger partial charge in [-0.05, 0) is 31.5 Å². The molecule has 0 radical (unpaired) electrons. The molecule has 0 fully saturated rings. The van der Waals surface area contributed by atoms with E-state index in [1.54, 1.807) is 11.3 Å². The van der Waals surface area contributed by atoms with Gasteiger partial charge in [0.25, 0.3) is 0 Å². The van der Waals surface area contributed by atoms with Crippen LogP contribution in [-0.2, 0) is 6.54 Å². The van der Waals surface area contributed by atoms with Crippen molar-refractivity contribution in [2.75, 3.05) is 0 Å². The highest BCUT2D eigenvalue weighted by Gasteiger charge is 2.08. The van der Waals surface area contributed by atoms with Crippen molar-refractivity contribution >= 4 is 11.3 Å². The van der Waals surface area contributed by atoms with Gasteiger partial charge < -0.3 is 5.32 Å². The molecule has 1 atom stereocenters. The molecule has 0 bridgehead atoms. The first kappa shape index (κ1) is 12.7. The summed E-state index contributed by atoms with van der Waals surface area (Å²) in [5, 5.41) is 15.4. The van der Waals surface area contributed by atoms with Crippen LogP contribution in [0.4, 0.5) is 0 Å². The second-order valence-electron chi connectivity index (χ2n) is 4.21. The first-order chi connectivity index (χ1) is 8.69. The lowest BCUT2D eigenvalue weighted by Gasteiger charge is -2.11. The van der Waals surface area contributed by atoms with E-state index < -0.39 is 0 Å². The van der Waals surface area contributed by atoms with E-state index in [0.29, 0.717) is 5.56 Å². The summed E-state index contributed by atoms with van der Waals surface area (Å²) in [6.45, 7) is 4.85. The third kappa shape index (κ3) is 3.16. The van der Waals surface area contributed by atoms with Crippen LogP contribution < -0.4 is 5.32 Å². The summed E-state index contributed by atoms with van der Waals surface area (Å²) in [6.07, 6.45) is 0. The summed E-state index contributed by atoms with van der Waals surface area (Å²) in [4.78, 5) is 4.46. The molecule has 4 heteroatoms. The summed E-state index contributed by atoms with van der Waals surface area (Å²) in [5.74, 6) is 0. The Hall–Kier alpha value is -1.70. The number of hydrogen-bond donors (Lipinski definition) is 1. The number of nitriles is 1. The van der Waals surface area contributed by atoms with Crippen LogP contribution in [0.1, 0.15) is 34.8 Å². The number of aryl methyl sites for hydroxylation is 1. The van der Waals surface area contributed by atoms with Gasteiger partial charge in [-0.2, -0.15) is 5.26 Å². The highest BCUT2D eigenvalue weighted by molar-refractivity contribution is 7.09. The van der Waals surface area contributed by atoms with E-state index in [1.165, 1.54) is 0 Å². The van der Waals surface area contributed by atoms with Crippen LogP contribution in [0.25, 0.3) is 0 Å². The van der Waals surface area contributed by atoms with Crippen molar-refractivity contribution in [3.8, 4) is 6.07 Å². The molecule has 3 nitrogen and oxygen atoms in total. The van der Waals surface area contributed by atoms with Crippen molar-refractivity contribution in [1.29, 1.82) is 5.26 Å². The molecular weight excluding hydrogens is 242 g/mol. The Morgan fingerprint density at radius 2 is 2.33 bits per heavy atom. The van der Waals surface area contributed by atoms with Crippen LogP contribution in [0.2, 0.25) is 0 Å². The van der Waals surface area contributed by atoms with Crippen molar-refractivity contribution in [3.63, 3.8) is 0 Å². The monoisotopic (exact) mass is 257 g/mol. The van der Waals surface area contributed by atoms with E-state index in [0.717, 1.165) is 22.8 Å². The Labute approximate surface area is 111 Å². The van der Waals surface area contributed by atoms with E-state index in [2.05, 4.69) is 28.7 Å². The molecule has 1 N–H and O–H groups in total. The van der Waals surface area contributed by atoms with Crippen LogP contribution in [0.3, 0.4) is 0 Å². The van der Waals surface area contributed by atoms with Gasteiger partial charge >= 0.3 is 0 Å². The van der Waals surface area contributed by atoms with Gasteiger partial charge in [0.05, 0.1) is 22.3 Å². The molecule has 18 heavy (non-hydrogen) atoms. The van der Waals surface area contributed by atoms with Crippen molar-refractivity contribution in [1.82, 2.24) is 10.3 Å². The summed E-state index contributed by atoms with van der Waals surface area (Å²) < 4.78 is 0. The molecule has 1 aromatic heterocycles. The molecule has 92 valence electrons. The van der Waals surface area contributed by atoms with Crippen LogP contribution in [0.15, 0.2) is 29.6 Å². The summed E-state index contributed by atoms with van der Waals surface area (Å²) >= 11 is 1.67. The van der Waals surface area contributed by atoms with E-state index in [-0.39, 0.29) is 6.04 Å². The van der Waals surface area contributed by atoms with Crippen molar-refractivity contribution in [2.45, 2.75) is 26.4 Å². The molecule has 1 aromatic carbocycles.